The largest absolute Gasteiger partial charge is 0.352 e. The summed E-state index contributed by atoms with van der Waals surface area (Å²) in [6, 6.07) is 15.1. The molecule has 0 saturated heterocycles. The molecule has 34 heavy (non-hydrogen) atoms. The van der Waals surface area contributed by atoms with Crippen LogP contribution in [0.25, 0.3) is 54.8 Å². The zero-order valence-electron chi connectivity index (χ0n) is 19.3. The number of hydrogen-bond acceptors (Lipinski definition) is 5. The quantitative estimate of drug-likeness (QED) is 0.315. The van der Waals surface area contributed by atoms with Crippen LogP contribution < -0.4 is 0 Å². The van der Waals surface area contributed by atoms with Gasteiger partial charge in [-0.2, -0.15) is 5.10 Å². The first-order chi connectivity index (χ1) is 16.5. The lowest BCUT2D eigenvalue weighted by Crippen LogP contribution is -2.10. The summed E-state index contributed by atoms with van der Waals surface area (Å²) in [4.78, 5) is 17.1. The number of pyridine rings is 2. The lowest BCUT2D eigenvalue weighted by atomic mass is 10.0. The lowest BCUT2D eigenvalue weighted by molar-refractivity contribution is 0.402. The molecule has 6 aromatic rings. The number of rotatable bonds is 5. The van der Waals surface area contributed by atoms with Crippen LogP contribution in [0.15, 0.2) is 67.3 Å². The van der Waals surface area contributed by atoms with E-state index >= 15 is 0 Å². The van der Waals surface area contributed by atoms with E-state index in [9.17, 15) is 0 Å². The minimum atomic E-state index is 0.856. The third-order valence-electron chi connectivity index (χ3n) is 6.00. The second kappa shape index (κ2) is 8.20. The maximum Gasteiger partial charge on any atom is 0.116 e. The highest BCUT2D eigenvalue weighted by Gasteiger charge is 2.15. The first-order valence-corrected chi connectivity index (χ1v) is 12.0. The van der Waals surface area contributed by atoms with E-state index in [0.717, 1.165) is 56.4 Å². The standard InChI is InChI=1S/C27H24N6S/c1-16-4-7-26(34-16)22-13-29-14-25-20(22)10-24(30-25)27-21-9-18(5-6-23(21)31-32-27)19-8-17(11-28-12-19)15-33(2)3/h4-14,30H,15H2,1-3H3,(H,31,32). The van der Waals surface area contributed by atoms with Crippen molar-refractivity contribution in [1.82, 2.24) is 30.0 Å². The Morgan fingerprint density at radius 3 is 2.56 bits per heavy atom. The van der Waals surface area contributed by atoms with Gasteiger partial charge in [-0.3, -0.25) is 15.1 Å². The Hall–Kier alpha value is -3.81. The van der Waals surface area contributed by atoms with E-state index in [0.29, 0.717) is 0 Å². The van der Waals surface area contributed by atoms with Crippen LogP contribution in [-0.4, -0.2) is 44.1 Å². The molecule has 0 unspecified atom stereocenters. The molecule has 5 heterocycles. The maximum atomic E-state index is 4.66. The van der Waals surface area contributed by atoms with Gasteiger partial charge in [0.1, 0.15) is 5.69 Å². The molecule has 0 bridgehead atoms. The van der Waals surface area contributed by atoms with Crippen LogP contribution in [0.5, 0.6) is 0 Å². The number of nitrogens with zero attached hydrogens (tertiary/aromatic N) is 4. The van der Waals surface area contributed by atoms with E-state index in [1.54, 1.807) is 11.3 Å². The molecular formula is C27H24N6S. The Kier molecular flexibility index (Phi) is 5.01. The van der Waals surface area contributed by atoms with E-state index in [2.05, 4.69) is 93.5 Å². The summed E-state index contributed by atoms with van der Waals surface area (Å²) in [5.74, 6) is 0. The molecule has 0 amide bonds. The monoisotopic (exact) mass is 464 g/mol. The van der Waals surface area contributed by atoms with Crippen LogP contribution in [0.3, 0.4) is 0 Å². The summed E-state index contributed by atoms with van der Waals surface area (Å²) in [6.45, 7) is 2.98. The smallest absolute Gasteiger partial charge is 0.116 e. The molecule has 0 aliphatic rings. The van der Waals surface area contributed by atoms with Crippen molar-refractivity contribution in [3.05, 3.63) is 77.7 Å². The van der Waals surface area contributed by atoms with Crippen molar-refractivity contribution in [3.8, 4) is 33.0 Å². The molecular weight excluding hydrogens is 440 g/mol. The molecule has 5 aromatic heterocycles. The topological polar surface area (TPSA) is 73.5 Å². The first-order valence-electron chi connectivity index (χ1n) is 11.2. The summed E-state index contributed by atoms with van der Waals surface area (Å²) >= 11 is 1.78. The molecule has 2 N–H and O–H groups in total. The van der Waals surface area contributed by atoms with Gasteiger partial charge in [-0.15, -0.1) is 11.3 Å². The Bertz CT molecular complexity index is 1640. The Balaban J connectivity index is 1.45. The predicted octanol–water partition coefficient (Wildman–Crippen LogP) is 6.27. The van der Waals surface area contributed by atoms with Crippen LogP contribution in [0, 0.1) is 6.92 Å². The molecule has 6 rings (SSSR count). The minimum Gasteiger partial charge on any atom is -0.352 e. The Morgan fingerprint density at radius 2 is 1.74 bits per heavy atom. The normalized spacial score (nSPS) is 11.8. The van der Waals surface area contributed by atoms with Gasteiger partial charge in [-0.05, 0) is 68.5 Å². The number of thiophene rings is 1. The summed E-state index contributed by atoms with van der Waals surface area (Å²) in [5.41, 5.74) is 8.44. The van der Waals surface area contributed by atoms with Crippen molar-refractivity contribution in [1.29, 1.82) is 0 Å². The highest BCUT2D eigenvalue weighted by Crippen LogP contribution is 2.36. The number of hydrogen-bond donors (Lipinski definition) is 2. The summed E-state index contributed by atoms with van der Waals surface area (Å²) in [5, 5.41) is 10.1. The van der Waals surface area contributed by atoms with Crippen LogP contribution >= 0.6 is 11.3 Å². The fourth-order valence-corrected chi connectivity index (χ4v) is 5.34. The molecule has 6 nitrogen and oxygen atoms in total. The van der Waals surface area contributed by atoms with E-state index in [4.69, 9.17) is 0 Å². The number of fused-ring (bicyclic) bond motifs is 2. The number of nitrogens with one attached hydrogen (secondary N) is 2. The van der Waals surface area contributed by atoms with Gasteiger partial charge in [0.05, 0.1) is 22.9 Å². The van der Waals surface area contributed by atoms with E-state index in [1.807, 2.05) is 24.8 Å². The lowest BCUT2D eigenvalue weighted by Gasteiger charge is -2.10. The van der Waals surface area contributed by atoms with Gasteiger partial charge in [-0.25, -0.2) is 0 Å². The minimum absolute atomic E-state index is 0.856. The SMILES string of the molecule is Cc1ccc(-c2cncc3[nH]c(-c4n[nH]c5ccc(-c6cncc(CN(C)C)c6)cc45)cc23)s1. The van der Waals surface area contributed by atoms with Gasteiger partial charge in [-0.1, -0.05) is 6.07 Å². The zero-order chi connectivity index (χ0) is 23.2. The summed E-state index contributed by atoms with van der Waals surface area (Å²) < 4.78 is 0. The van der Waals surface area contributed by atoms with Gasteiger partial charge in [0.15, 0.2) is 0 Å². The summed E-state index contributed by atoms with van der Waals surface area (Å²) in [7, 11) is 4.13. The third kappa shape index (κ3) is 3.69. The average molecular weight is 465 g/mol. The van der Waals surface area contributed by atoms with Gasteiger partial charge in [0, 0.05) is 56.8 Å². The van der Waals surface area contributed by atoms with Crippen molar-refractivity contribution in [2.45, 2.75) is 13.5 Å². The first kappa shape index (κ1) is 20.8. The molecule has 0 spiro atoms. The van der Waals surface area contributed by atoms with Gasteiger partial charge < -0.3 is 9.88 Å². The van der Waals surface area contributed by atoms with Crippen LogP contribution in [0.4, 0.5) is 0 Å². The van der Waals surface area contributed by atoms with E-state index < -0.39 is 0 Å². The highest BCUT2D eigenvalue weighted by molar-refractivity contribution is 7.15. The number of aryl methyl sites for hydroxylation is 1. The molecule has 0 saturated carbocycles. The zero-order valence-corrected chi connectivity index (χ0v) is 20.1. The van der Waals surface area contributed by atoms with Crippen molar-refractivity contribution in [3.63, 3.8) is 0 Å². The molecule has 168 valence electrons. The van der Waals surface area contributed by atoms with Gasteiger partial charge >= 0.3 is 0 Å². The van der Waals surface area contributed by atoms with Crippen molar-refractivity contribution >= 4 is 33.1 Å². The second-order valence-electron chi connectivity index (χ2n) is 8.89. The molecule has 0 aliphatic heterocycles. The number of aromatic amines is 2. The number of benzene rings is 1. The second-order valence-corrected chi connectivity index (χ2v) is 10.2. The number of aromatic nitrogens is 5. The van der Waals surface area contributed by atoms with Crippen molar-refractivity contribution < 1.29 is 0 Å². The van der Waals surface area contributed by atoms with Crippen molar-refractivity contribution in [2.75, 3.05) is 14.1 Å². The van der Waals surface area contributed by atoms with Crippen LogP contribution in [0.2, 0.25) is 0 Å². The molecule has 0 fully saturated rings. The number of H-pyrrole nitrogens is 2. The molecule has 0 aliphatic carbocycles. The average Bonchev–Trinajstić information content (AvgIpc) is 3.55. The van der Waals surface area contributed by atoms with E-state index in [-0.39, 0.29) is 0 Å². The summed E-state index contributed by atoms with van der Waals surface area (Å²) in [6.07, 6.45) is 7.67. The predicted molar refractivity (Wildman–Crippen MR) is 140 cm³/mol. The van der Waals surface area contributed by atoms with Crippen LogP contribution in [-0.2, 0) is 6.54 Å². The maximum absolute atomic E-state index is 4.66. The van der Waals surface area contributed by atoms with Gasteiger partial charge in [0.2, 0.25) is 0 Å². The fraction of sp³-hybridized carbons (Fsp3) is 0.148. The fourth-order valence-electron chi connectivity index (χ4n) is 4.45. The Morgan fingerprint density at radius 1 is 0.853 bits per heavy atom. The molecule has 0 atom stereocenters. The molecule has 1 aromatic carbocycles. The third-order valence-corrected chi connectivity index (χ3v) is 7.03. The Labute approximate surface area is 201 Å². The van der Waals surface area contributed by atoms with Crippen molar-refractivity contribution in [2.24, 2.45) is 0 Å². The molecule has 0 radical (unpaired) electrons. The van der Waals surface area contributed by atoms with Gasteiger partial charge in [0.25, 0.3) is 0 Å². The van der Waals surface area contributed by atoms with E-state index in [1.165, 1.54) is 15.3 Å². The van der Waals surface area contributed by atoms with Crippen LogP contribution in [0.1, 0.15) is 10.4 Å². The highest BCUT2D eigenvalue weighted by atomic mass is 32.1. The molecule has 7 heteroatoms.